The van der Waals surface area contributed by atoms with Gasteiger partial charge in [0.25, 0.3) is 0 Å². The molecular weight excluding hydrogens is 210 g/mol. The Morgan fingerprint density at radius 1 is 0.941 bits per heavy atom. The Morgan fingerprint density at radius 2 is 1.76 bits per heavy atom. The van der Waals surface area contributed by atoms with Crippen molar-refractivity contribution in [2.45, 2.75) is 51.0 Å². The zero-order valence-corrected chi connectivity index (χ0v) is 11.2. The van der Waals surface area contributed by atoms with Crippen LogP contribution in [0.4, 0.5) is 0 Å². The van der Waals surface area contributed by atoms with Crippen LogP contribution in [-0.4, -0.2) is 55.1 Å². The summed E-state index contributed by atoms with van der Waals surface area (Å²) in [5.74, 6) is 0. The Bertz CT molecular complexity index is 202. The van der Waals surface area contributed by atoms with Gasteiger partial charge in [-0.05, 0) is 84.2 Å². The summed E-state index contributed by atoms with van der Waals surface area (Å²) in [5, 5.41) is 0. The number of nitrogens with two attached hydrogens (primary N) is 1. The number of rotatable bonds is 7. The molecule has 2 rings (SSSR count). The standard InChI is InChI=1S/C14H29N3/c15-8-3-6-14-7-4-12-17(14)13-5-11-16-9-1-2-10-16/h14H,1-13,15H2. The monoisotopic (exact) mass is 239 g/mol. The highest BCUT2D eigenvalue weighted by atomic mass is 15.2. The Balaban J connectivity index is 1.59. The van der Waals surface area contributed by atoms with Crippen LogP contribution in [0.3, 0.4) is 0 Å². The molecule has 2 aliphatic rings. The molecule has 0 radical (unpaired) electrons. The van der Waals surface area contributed by atoms with Gasteiger partial charge < -0.3 is 15.5 Å². The molecular formula is C14H29N3. The average Bonchev–Trinajstić information content (AvgIpc) is 2.98. The summed E-state index contributed by atoms with van der Waals surface area (Å²) in [4.78, 5) is 5.34. The molecule has 0 aromatic carbocycles. The molecule has 2 aliphatic heterocycles. The van der Waals surface area contributed by atoms with Gasteiger partial charge in [-0.1, -0.05) is 0 Å². The summed E-state index contributed by atoms with van der Waals surface area (Å²) >= 11 is 0. The summed E-state index contributed by atoms with van der Waals surface area (Å²) < 4.78 is 0. The van der Waals surface area contributed by atoms with Gasteiger partial charge >= 0.3 is 0 Å². The largest absolute Gasteiger partial charge is 0.330 e. The topological polar surface area (TPSA) is 32.5 Å². The van der Waals surface area contributed by atoms with Crippen LogP contribution < -0.4 is 5.73 Å². The number of nitrogens with zero attached hydrogens (tertiary/aromatic N) is 2. The van der Waals surface area contributed by atoms with Gasteiger partial charge in [-0.15, -0.1) is 0 Å². The van der Waals surface area contributed by atoms with Gasteiger partial charge in [0.2, 0.25) is 0 Å². The van der Waals surface area contributed by atoms with Crippen LogP contribution in [0.2, 0.25) is 0 Å². The van der Waals surface area contributed by atoms with Gasteiger partial charge in [0, 0.05) is 6.04 Å². The Kier molecular flexibility index (Phi) is 5.75. The van der Waals surface area contributed by atoms with Crippen LogP contribution in [0.25, 0.3) is 0 Å². The second-order valence-electron chi connectivity index (χ2n) is 5.67. The molecule has 1 atom stereocenters. The van der Waals surface area contributed by atoms with Crippen molar-refractivity contribution in [3.63, 3.8) is 0 Å². The highest BCUT2D eigenvalue weighted by Crippen LogP contribution is 2.21. The van der Waals surface area contributed by atoms with E-state index in [0.29, 0.717) is 0 Å². The van der Waals surface area contributed by atoms with Crippen molar-refractivity contribution in [3.05, 3.63) is 0 Å². The van der Waals surface area contributed by atoms with Crippen LogP contribution in [0, 0.1) is 0 Å². The predicted octanol–water partition coefficient (Wildman–Crippen LogP) is 1.68. The minimum atomic E-state index is 0.845. The molecule has 0 bridgehead atoms. The minimum Gasteiger partial charge on any atom is -0.330 e. The molecule has 100 valence electrons. The Hall–Kier alpha value is -0.120. The number of hydrogen-bond donors (Lipinski definition) is 1. The molecule has 17 heavy (non-hydrogen) atoms. The van der Waals surface area contributed by atoms with Crippen molar-refractivity contribution in [1.29, 1.82) is 0 Å². The van der Waals surface area contributed by atoms with E-state index in [1.165, 1.54) is 77.7 Å². The first-order valence-corrected chi connectivity index (χ1v) is 7.56. The van der Waals surface area contributed by atoms with Crippen molar-refractivity contribution in [1.82, 2.24) is 9.80 Å². The third-order valence-electron chi connectivity index (χ3n) is 4.36. The van der Waals surface area contributed by atoms with E-state index in [4.69, 9.17) is 5.73 Å². The lowest BCUT2D eigenvalue weighted by molar-refractivity contribution is 0.221. The average molecular weight is 239 g/mol. The van der Waals surface area contributed by atoms with E-state index in [1.807, 2.05) is 0 Å². The van der Waals surface area contributed by atoms with Gasteiger partial charge in [-0.3, -0.25) is 0 Å². The molecule has 2 heterocycles. The summed E-state index contributed by atoms with van der Waals surface area (Å²) in [6, 6.07) is 0.845. The third kappa shape index (κ3) is 4.23. The zero-order chi connectivity index (χ0) is 11.9. The van der Waals surface area contributed by atoms with Gasteiger partial charge in [0.15, 0.2) is 0 Å². The molecule has 2 N–H and O–H groups in total. The first kappa shape index (κ1) is 13.3. The number of likely N-dealkylation sites (tertiary alicyclic amines) is 2. The SMILES string of the molecule is NCCCC1CCCN1CCCN1CCCC1. The zero-order valence-electron chi connectivity index (χ0n) is 11.2. The van der Waals surface area contributed by atoms with E-state index in [1.54, 1.807) is 0 Å². The lowest BCUT2D eigenvalue weighted by atomic mass is 10.1. The van der Waals surface area contributed by atoms with E-state index in [9.17, 15) is 0 Å². The van der Waals surface area contributed by atoms with Gasteiger partial charge in [0.1, 0.15) is 0 Å². The molecule has 1 unspecified atom stereocenters. The normalized spacial score (nSPS) is 27.0. The van der Waals surface area contributed by atoms with Crippen LogP contribution >= 0.6 is 0 Å². The molecule has 2 fully saturated rings. The molecule has 3 nitrogen and oxygen atoms in total. The maximum atomic E-state index is 5.61. The smallest absolute Gasteiger partial charge is 0.00962 e. The second-order valence-corrected chi connectivity index (χ2v) is 5.67. The van der Waals surface area contributed by atoms with Crippen molar-refractivity contribution in [2.24, 2.45) is 5.73 Å². The highest BCUT2D eigenvalue weighted by Gasteiger charge is 2.23. The van der Waals surface area contributed by atoms with Crippen molar-refractivity contribution < 1.29 is 0 Å². The van der Waals surface area contributed by atoms with Crippen LogP contribution in [-0.2, 0) is 0 Å². The minimum absolute atomic E-state index is 0.845. The quantitative estimate of drug-likeness (QED) is 0.733. The predicted molar refractivity (Wildman–Crippen MR) is 73.2 cm³/mol. The molecule has 2 saturated heterocycles. The summed E-state index contributed by atoms with van der Waals surface area (Å²) in [5.41, 5.74) is 5.61. The highest BCUT2D eigenvalue weighted by molar-refractivity contribution is 4.79. The molecule has 0 amide bonds. The van der Waals surface area contributed by atoms with E-state index in [0.717, 1.165) is 12.6 Å². The van der Waals surface area contributed by atoms with Crippen molar-refractivity contribution in [2.75, 3.05) is 39.3 Å². The first-order valence-electron chi connectivity index (χ1n) is 7.56. The van der Waals surface area contributed by atoms with Gasteiger partial charge in [-0.25, -0.2) is 0 Å². The lowest BCUT2D eigenvalue weighted by Crippen LogP contribution is -2.33. The van der Waals surface area contributed by atoms with Crippen LogP contribution in [0.15, 0.2) is 0 Å². The maximum Gasteiger partial charge on any atom is 0.00962 e. The fourth-order valence-electron chi connectivity index (χ4n) is 3.37. The Morgan fingerprint density at radius 3 is 2.53 bits per heavy atom. The van der Waals surface area contributed by atoms with E-state index >= 15 is 0 Å². The van der Waals surface area contributed by atoms with Crippen LogP contribution in [0.1, 0.15) is 44.9 Å². The summed E-state index contributed by atoms with van der Waals surface area (Å²) in [7, 11) is 0. The molecule has 0 aromatic rings. The first-order chi connectivity index (χ1) is 8.40. The lowest BCUT2D eigenvalue weighted by Gasteiger charge is -2.25. The molecule has 0 saturated carbocycles. The second kappa shape index (κ2) is 7.34. The van der Waals surface area contributed by atoms with Crippen molar-refractivity contribution in [3.8, 4) is 0 Å². The fourth-order valence-corrected chi connectivity index (χ4v) is 3.37. The molecule has 0 aliphatic carbocycles. The molecule has 0 spiro atoms. The third-order valence-corrected chi connectivity index (χ3v) is 4.36. The summed E-state index contributed by atoms with van der Waals surface area (Å²) in [6.07, 6.45) is 9.53. The van der Waals surface area contributed by atoms with Gasteiger partial charge in [-0.2, -0.15) is 0 Å². The van der Waals surface area contributed by atoms with Crippen molar-refractivity contribution >= 4 is 0 Å². The summed E-state index contributed by atoms with van der Waals surface area (Å²) in [6.45, 7) is 7.51. The molecule has 0 aromatic heterocycles. The van der Waals surface area contributed by atoms with Gasteiger partial charge in [0.05, 0.1) is 0 Å². The Labute approximate surface area is 106 Å². The van der Waals surface area contributed by atoms with E-state index in [2.05, 4.69) is 9.80 Å². The van der Waals surface area contributed by atoms with Crippen LogP contribution in [0.5, 0.6) is 0 Å². The molecule has 3 heteroatoms. The maximum absolute atomic E-state index is 5.61. The van der Waals surface area contributed by atoms with E-state index in [-0.39, 0.29) is 0 Å². The van der Waals surface area contributed by atoms with E-state index < -0.39 is 0 Å². The fraction of sp³-hybridized carbons (Fsp3) is 1.00. The number of hydrogen-bond acceptors (Lipinski definition) is 3.